The summed E-state index contributed by atoms with van der Waals surface area (Å²) in [4.78, 5) is 22.5. The van der Waals surface area contributed by atoms with Gasteiger partial charge in [0.15, 0.2) is 0 Å². The number of nitro benzene ring substituents is 1. The average Bonchev–Trinajstić information content (AvgIpc) is 2.40. The normalized spacial score (nSPS) is 17.7. The number of amides is 1. The van der Waals surface area contributed by atoms with Crippen LogP contribution in [-0.4, -0.2) is 29.6 Å². The van der Waals surface area contributed by atoms with E-state index >= 15 is 0 Å². The highest BCUT2D eigenvalue weighted by molar-refractivity contribution is 5.99. The van der Waals surface area contributed by atoms with E-state index in [0.29, 0.717) is 26.1 Å². The van der Waals surface area contributed by atoms with E-state index < -0.39 is 16.4 Å². The molecule has 0 radical (unpaired) electrons. The lowest BCUT2D eigenvalue weighted by molar-refractivity contribution is -0.383. The number of rotatable bonds is 3. The fourth-order valence-corrected chi connectivity index (χ4v) is 1.95. The fraction of sp³-hybridized carbons (Fsp3) is 0.417. The number of nitrogens with one attached hydrogen (secondary N) is 1. The number of ether oxygens (including phenoxy) is 1. The third-order valence-corrected chi connectivity index (χ3v) is 3.19. The highest BCUT2D eigenvalue weighted by atomic mass is 16.6. The van der Waals surface area contributed by atoms with Gasteiger partial charge in [0.05, 0.1) is 4.92 Å². The van der Waals surface area contributed by atoms with Gasteiger partial charge in [0, 0.05) is 19.3 Å². The molecule has 7 nitrogen and oxygen atoms in total. The van der Waals surface area contributed by atoms with E-state index in [-0.39, 0.29) is 11.4 Å². The van der Waals surface area contributed by atoms with Gasteiger partial charge in [0.1, 0.15) is 11.2 Å². The van der Waals surface area contributed by atoms with Crippen LogP contribution in [0.4, 0.5) is 11.4 Å². The SMILES string of the molecule is NC1(C(=O)Nc2ccccc2[N+](=O)[O-])CCOCC1. The van der Waals surface area contributed by atoms with Gasteiger partial charge >= 0.3 is 0 Å². The van der Waals surface area contributed by atoms with Crippen LogP contribution >= 0.6 is 0 Å². The maximum Gasteiger partial charge on any atom is 0.292 e. The minimum atomic E-state index is -1.03. The Morgan fingerprint density at radius 1 is 1.37 bits per heavy atom. The Morgan fingerprint density at radius 2 is 2.00 bits per heavy atom. The molecule has 0 aliphatic carbocycles. The lowest BCUT2D eigenvalue weighted by Crippen LogP contribution is -2.54. The molecule has 0 bridgehead atoms. The van der Waals surface area contributed by atoms with Crippen LogP contribution in [0.3, 0.4) is 0 Å². The summed E-state index contributed by atoms with van der Waals surface area (Å²) < 4.78 is 5.16. The van der Waals surface area contributed by atoms with Gasteiger partial charge in [-0.3, -0.25) is 14.9 Å². The molecule has 1 aliphatic rings. The van der Waals surface area contributed by atoms with Crippen molar-refractivity contribution in [1.29, 1.82) is 0 Å². The van der Waals surface area contributed by atoms with Crippen molar-refractivity contribution in [3.05, 3.63) is 34.4 Å². The zero-order valence-electron chi connectivity index (χ0n) is 10.3. The summed E-state index contributed by atoms with van der Waals surface area (Å²) in [5.74, 6) is -0.412. The Balaban J connectivity index is 2.17. The number of nitro groups is 1. The van der Waals surface area contributed by atoms with E-state index in [0.717, 1.165) is 0 Å². The Labute approximate surface area is 109 Å². The molecule has 7 heteroatoms. The predicted octanol–water partition coefficient (Wildman–Crippen LogP) is 1.04. The van der Waals surface area contributed by atoms with Crippen LogP contribution < -0.4 is 11.1 Å². The molecule has 0 spiro atoms. The molecule has 1 aliphatic heterocycles. The zero-order valence-corrected chi connectivity index (χ0v) is 10.3. The first-order valence-electron chi connectivity index (χ1n) is 5.94. The lowest BCUT2D eigenvalue weighted by Gasteiger charge is -2.31. The van der Waals surface area contributed by atoms with Gasteiger partial charge < -0.3 is 15.8 Å². The molecule has 0 unspecified atom stereocenters. The lowest BCUT2D eigenvalue weighted by atomic mass is 9.90. The zero-order chi connectivity index (χ0) is 13.9. The number of nitrogens with zero attached hydrogens (tertiary/aromatic N) is 1. The average molecular weight is 265 g/mol. The van der Waals surface area contributed by atoms with E-state index in [2.05, 4.69) is 5.32 Å². The van der Waals surface area contributed by atoms with Crippen molar-refractivity contribution in [3.63, 3.8) is 0 Å². The van der Waals surface area contributed by atoms with E-state index in [1.165, 1.54) is 12.1 Å². The summed E-state index contributed by atoms with van der Waals surface area (Å²) in [6.45, 7) is 0.835. The number of para-hydroxylation sites is 2. The molecule has 0 aromatic heterocycles. The van der Waals surface area contributed by atoms with Gasteiger partial charge in [-0.05, 0) is 18.9 Å². The molecule has 0 saturated carbocycles. The number of benzene rings is 1. The molecule has 2 rings (SSSR count). The summed E-state index contributed by atoms with van der Waals surface area (Å²) in [6.07, 6.45) is 0.804. The first kappa shape index (κ1) is 13.4. The molecule has 1 saturated heterocycles. The molecular formula is C12H15N3O4. The molecule has 102 valence electrons. The number of nitrogens with two attached hydrogens (primary N) is 1. The summed E-state index contributed by atoms with van der Waals surface area (Å²) in [7, 11) is 0. The second kappa shape index (κ2) is 5.33. The quantitative estimate of drug-likeness (QED) is 0.627. The molecule has 1 heterocycles. The maximum atomic E-state index is 12.1. The second-order valence-electron chi connectivity index (χ2n) is 4.50. The third-order valence-electron chi connectivity index (χ3n) is 3.19. The van der Waals surface area contributed by atoms with Gasteiger partial charge in [-0.25, -0.2) is 0 Å². The molecule has 1 fully saturated rings. The van der Waals surface area contributed by atoms with Crippen LogP contribution in [0.15, 0.2) is 24.3 Å². The molecular weight excluding hydrogens is 250 g/mol. The van der Waals surface area contributed by atoms with Crippen molar-refractivity contribution in [2.45, 2.75) is 18.4 Å². The summed E-state index contributed by atoms with van der Waals surface area (Å²) in [5, 5.41) is 13.4. The molecule has 1 amide bonds. The topological polar surface area (TPSA) is 107 Å². The van der Waals surface area contributed by atoms with Gasteiger partial charge in [-0.15, -0.1) is 0 Å². The van der Waals surface area contributed by atoms with Crippen LogP contribution in [0.1, 0.15) is 12.8 Å². The highest BCUT2D eigenvalue weighted by Gasteiger charge is 2.36. The maximum absolute atomic E-state index is 12.1. The van der Waals surface area contributed by atoms with Gasteiger partial charge in [-0.2, -0.15) is 0 Å². The predicted molar refractivity (Wildman–Crippen MR) is 68.7 cm³/mol. The van der Waals surface area contributed by atoms with E-state index in [9.17, 15) is 14.9 Å². The highest BCUT2D eigenvalue weighted by Crippen LogP contribution is 2.26. The number of anilines is 1. The van der Waals surface area contributed by atoms with Gasteiger partial charge in [0.25, 0.3) is 5.69 Å². The smallest absolute Gasteiger partial charge is 0.292 e. The van der Waals surface area contributed by atoms with Crippen molar-refractivity contribution in [3.8, 4) is 0 Å². The molecule has 1 aromatic rings. The van der Waals surface area contributed by atoms with E-state index in [1.54, 1.807) is 12.1 Å². The van der Waals surface area contributed by atoms with Crippen molar-refractivity contribution < 1.29 is 14.5 Å². The first-order chi connectivity index (χ1) is 9.03. The Morgan fingerprint density at radius 3 is 2.63 bits per heavy atom. The van der Waals surface area contributed by atoms with Crippen molar-refractivity contribution in [2.24, 2.45) is 5.73 Å². The van der Waals surface area contributed by atoms with Crippen LogP contribution in [0.5, 0.6) is 0 Å². The minimum absolute atomic E-state index is 0.147. The first-order valence-corrected chi connectivity index (χ1v) is 5.94. The molecule has 3 N–H and O–H groups in total. The van der Waals surface area contributed by atoms with E-state index in [1.807, 2.05) is 0 Å². The van der Waals surface area contributed by atoms with Crippen molar-refractivity contribution in [2.75, 3.05) is 18.5 Å². The number of carbonyl (C=O) groups is 1. The van der Waals surface area contributed by atoms with Gasteiger partial charge in [-0.1, -0.05) is 12.1 Å². The minimum Gasteiger partial charge on any atom is -0.381 e. The standard InChI is InChI=1S/C12H15N3O4/c13-12(5-7-19-8-6-12)11(16)14-9-3-1-2-4-10(9)15(17)18/h1-4H,5-8,13H2,(H,14,16). The van der Waals surface area contributed by atoms with Gasteiger partial charge in [0.2, 0.25) is 5.91 Å². The number of hydrogen-bond acceptors (Lipinski definition) is 5. The fourth-order valence-electron chi connectivity index (χ4n) is 1.95. The number of hydrogen-bond donors (Lipinski definition) is 2. The Kier molecular flexibility index (Phi) is 3.77. The molecule has 0 atom stereocenters. The Bertz CT molecular complexity index is 498. The van der Waals surface area contributed by atoms with E-state index in [4.69, 9.17) is 10.5 Å². The van der Waals surface area contributed by atoms with Crippen LogP contribution in [0.2, 0.25) is 0 Å². The van der Waals surface area contributed by atoms with Crippen LogP contribution in [-0.2, 0) is 9.53 Å². The van der Waals surface area contributed by atoms with Crippen molar-refractivity contribution in [1.82, 2.24) is 0 Å². The summed E-state index contributed by atoms with van der Waals surface area (Å²) in [6, 6.07) is 5.98. The molecule has 1 aromatic carbocycles. The largest absolute Gasteiger partial charge is 0.381 e. The molecule has 19 heavy (non-hydrogen) atoms. The van der Waals surface area contributed by atoms with Crippen molar-refractivity contribution >= 4 is 17.3 Å². The monoisotopic (exact) mass is 265 g/mol. The third kappa shape index (κ3) is 2.88. The van der Waals surface area contributed by atoms with Crippen LogP contribution in [0, 0.1) is 10.1 Å². The number of carbonyl (C=O) groups excluding carboxylic acids is 1. The summed E-state index contributed by atoms with van der Waals surface area (Å²) in [5.41, 5.74) is 5.00. The van der Waals surface area contributed by atoms with Crippen LogP contribution in [0.25, 0.3) is 0 Å². The Hall–Kier alpha value is -1.99. The summed E-state index contributed by atoms with van der Waals surface area (Å²) >= 11 is 0. The second-order valence-corrected chi connectivity index (χ2v) is 4.50.